The number of halogens is 1. The summed E-state index contributed by atoms with van der Waals surface area (Å²) >= 11 is 6.22. The molecule has 3 N–H and O–H groups in total. The van der Waals surface area contributed by atoms with Gasteiger partial charge in [-0.25, -0.2) is 14.6 Å². The largest absolute Gasteiger partial charge is 0.395 e. The van der Waals surface area contributed by atoms with Crippen molar-refractivity contribution in [2.45, 2.75) is 25.3 Å². The average molecular weight is 479 g/mol. The molecule has 2 aliphatic rings. The number of anilines is 3. The molecule has 4 heterocycles. The first-order chi connectivity index (χ1) is 16.4. The standard InChI is InChI=1S/C24H27ClN8O/c1-24(14-34)13-28-22-17(10-26)7-16(8-18(22)24)19-3-5-27-23(29-19)30-21-9-20(25)31-33(21)12-15-4-6-32(2)11-15/h3,5,7-9,15,28,34H,4,6,11-14H2,1-2H3,(H,27,29,30)/t15-,24?/m1/s1. The number of likely N-dealkylation sites (tertiary alicyclic amines) is 1. The van der Waals surface area contributed by atoms with Gasteiger partial charge in [0.15, 0.2) is 5.15 Å². The van der Waals surface area contributed by atoms with Gasteiger partial charge in [0.25, 0.3) is 0 Å². The van der Waals surface area contributed by atoms with Crippen LogP contribution in [0.4, 0.5) is 17.5 Å². The molecule has 3 aromatic rings. The number of aliphatic hydroxyl groups is 1. The van der Waals surface area contributed by atoms with Gasteiger partial charge in [0.2, 0.25) is 5.95 Å². The van der Waals surface area contributed by atoms with Crippen LogP contribution in [-0.2, 0) is 12.0 Å². The smallest absolute Gasteiger partial charge is 0.228 e. The van der Waals surface area contributed by atoms with E-state index in [1.807, 2.05) is 29.8 Å². The predicted octanol–water partition coefficient (Wildman–Crippen LogP) is 3.24. The van der Waals surface area contributed by atoms with Crippen molar-refractivity contribution in [2.75, 3.05) is 43.9 Å². The summed E-state index contributed by atoms with van der Waals surface area (Å²) in [6, 6.07) is 9.67. The summed E-state index contributed by atoms with van der Waals surface area (Å²) in [5.41, 5.74) is 3.25. The van der Waals surface area contributed by atoms with E-state index in [2.05, 4.69) is 38.7 Å². The SMILES string of the molecule is CN1CC[C@@H](Cn2nc(Cl)cc2Nc2nccc(-c3cc(C#N)c4c(c3)C(C)(CO)CN4)n2)C1. The topological polar surface area (TPSA) is 115 Å². The van der Waals surface area contributed by atoms with Gasteiger partial charge < -0.3 is 20.6 Å². The van der Waals surface area contributed by atoms with E-state index in [0.29, 0.717) is 34.8 Å². The number of aromatic nitrogens is 4. The molecule has 176 valence electrons. The summed E-state index contributed by atoms with van der Waals surface area (Å²) in [5.74, 6) is 1.67. The minimum absolute atomic E-state index is 0.0144. The van der Waals surface area contributed by atoms with Crippen LogP contribution in [0, 0.1) is 17.2 Å². The fraction of sp³-hybridized carbons (Fsp3) is 0.417. The maximum atomic E-state index is 9.97. The lowest BCUT2D eigenvalue weighted by atomic mass is 9.83. The second-order valence-electron chi connectivity index (χ2n) is 9.47. The third-order valence-corrected chi connectivity index (χ3v) is 6.96. The fourth-order valence-corrected chi connectivity index (χ4v) is 5.00. The first-order valence-corrected chi connectivity index (χ1v) is 11.7. The van der Waals surface area contributed by atoms with Gasteiger partial charge >= 0.3 is 0 Å². The normalized spacial score (nSPS) is 21.8. The molecule has 0 radical (unpaired) electrons. The number of nitriles is 1. The molecule has 34 heavy (non-hydrogen) atoms. The molecule has 0 bridgehead atoms. The minimum atomic E-state index is -0.456. The van der Waals surface area contributed by atoms with Gasteiger partial charge in [-0.15, -0.1) is 0 Å². The van der Waals surface area contributed by atoms with Gasteiger partial charge in [-0.3, -0.25) is 0 Å². The molecule has 2 atom stereocenters. The number of benzene rings is 1. The number of nitrogens with zero attached hydrogens (tertiary/aromatic N) is 6. The molecule has 1 saturated heterocycles. The van der Waals surface area contributed by atoms with E-state index in [1.54, 1.807) is 12.3 Å². The number of hydrogen-bond donors (Lipinski definition) is 3. The summed E-state index contributed by atoms with van der Waals surface area (Å²) in [6.07, 6.45) is 2.81. The van der Waals surface area contributed by atoms with Crippen molar-refractivity contribution >= 4 is 29.1 Å². The zero-order valence-electron chi connectivity index (χ0n) is 19.2. The molecule has 1 aromatic carbocycles. The predicted molar refractivity (Wildman–Crippen MR) is 131 cm³/mol. The van der Waals surface area contributed by atoms with Crippen molar-refractivity contribution in [1.29, 1.82) is 5.26 Å². The highest BCUT2D eigenvalue weighted by atomic mass is 35.5. The second kappa shape index (κ2) is 8.87. The van der Waals surface area contributed by atoms with E-state index >= 15 is 0 Å². The van der Waals surface area contributed by atoms with Crippen LogP contribution in [0.25, 0.3) is 11.3 Å². The number of nitrogens with one attached hydrogen (secondary N) is 2. The quantitative estimate of drug-likeness (QED) is 0.494. The number of hydrogen-bond acceptors (Lipinski definition) is 8. The van der Waals surface area contributed by atoms with E-state index in [4.69, 9.17) is 16.6 Å². The fourth-order valence-electron chi connectivity index (χ4n) is 4.80. The van der Waals surface area contributed by atoms with E-state index in [1.165, 1.54) is 0 Å². The van der Waals surface area contributed by atoms with Gasteiger partial charge in [-0.2, -0.15) is 10.4 Å². The van der Waals surface area contributed by atoms with Crippen LogP contribution in [0.15, 0.2) is 30.5 Å². The van der Waals surface area contributed by atoms with Gasteiger partial charge in [0, 0.05) is 42.9 Å². The van der Waals surface area contributed by atoms with Gasteiger partial charge in [0.1, 0.15) is 11.9 Å². The van der Waals surface area contributed by atoms with E-state index in [-0.39, 0.29) is 6.61 Å². The Balaban J connectivity index is 1.44. The third-order valence-electron chi connectivity index (χ3n) is 6.77. The molecule has 2 aliphatic heterocycles. The van der Waals surface area contributed by atoms with Crippen LogP contribution in [0.3, 0.4) is 0 Å². The molecule has 0 saturated carbocycles. The lowest BCUT2D eigenvalue weighted by Gasteiger charge is -2.21. The molecule has 5 rings (SSSR count). The van der Waals surface area contributed by atoms with Gasteiger partial charge in [-0.05, 0) is 49.7 Å². The zero-order valence-corrected chi connectivity index (χ0v) is 20.0. The van der Waals surface area contributed by atoms with Gasteiger partial charge in [0.05, 0.1) is 23.6 Å². The number of aliphatic hydroxyl groups excluding tert-OH is 1. The summed E-state index contributed by atoms with van der Waals surface area (Å²) in [4.78, 5) is 11.4. The van der Waals surface area contributed by atoms with Crippen molar-refractivity contribution in [1.82, 2.24) is 24.6 Å². The Hall–Kier alpha value is -3.19. The molecule has 1 fully saturated rings. The maximum absolute atomic E-state index is 9.97. The highest BCUT2D eigenvalue weighted by molar-refractivity contribution is 6.29. The minimum Gasteiger partial charge on any atom is -0.395 e. The van der Waals surface area contributed by atoms with Crippen LogP contribution >= 0.6 is 11.6 Å². The molecule has 0 aliphatic carbocycles. The second-order valence-corrected chi connectivity index (χ2v) is 9.86. The van der Waals surface area contributed by atoms with Crippen LogP contribution in [0.2, 0.25) is 5.15 Å². The third kappa shape index (κ3) is 4.20. The summed E-state index contributed by atoms with van der Waals surface area (Å²) < 4.78 is 1.88. The highest BCUT2D eigenvalue weighted by Crippen LogP contribution is 2.41. The van der Waals surface area contributed by atoms with Gasteiger partial charge in [-0.1, -0.05) is 18.5 Å². The number of rotatable bonds is 6. The molecule has 2 aromatic heterocycles. The Morgan fingerprint density at radius 1 is 1.38 bits per heavy atom. The Bertz CT molecular complexity index is 1270. The van der Waals surface area contributed by atoms with Crippen molar-refractivity contribution < 1.29 is 5.11 Å². The molecular weight excluding hydrogens is 452 g/mol. The highest BCUT2D eigenvalue weighted by Gasteiger charge is 2.36. The van der Waals surface area contributed by atoms with E-state index < -0.39 is 5.41 Å². The Kier molecular flexibility index (Phi) is 5.90. The van der Waals surface area contributed by atoms with Crippen LogP contribution in [0.5, 0.6) is 0 Å². The Morgan fingerprint density at radius 2 is 2.24 bits per heavy atom. The number of fused-ring (bicyclic) bond motifs is 1. The van der Waals surface area contributed by atoms with Crippen LogP contribution < -0.4 is 10.6 Å². The molecule has 1 unspecified atom stereocenters. The van der Waals surface area contributed by atoms with Crippen LogP contribution in [-0.4, -0.2) is 63.0 Å². The summed E-state index contributed by atoms with van der Waals surface area (Å²) in [7, 11) is 2.13. The van der Waals surface area contributed by atoms with Crippen molar-refractivity contribution in [3.8, 4) is 17.3 Å². The molecule has 0 amide bonds. The van der Waals surface area contributed by atoms with Crippen molar-refractivity contribution in [3.05, 3.63) is 46.7 Å². The summed E-state index contributed by atoms with van der Waals surface area (Å²) in [6.45, 7) is 5.43. The first-order valence-electron chi connectivity index (χ1n) is 11.3. The van der Waals surface area contributed by atoms with Crippen molar-refractivity contribution in [3.63, 3.8) is 0 Å². The average Bonchev–Trinajstić information content (AvgIpc) is 3.51. The monoisotopic (exact) mass is 478 g/mol. The van der Waals surface area contributed by atoms with Crippen molar-refractivity contribution in [2.24, 2.45) is 5.92 Å². The zero-order chi connectivity index (χ0) is 23.9. The first kappa shape index (κ1) is 22.6. The lowest BCUT2D eigenvalue weighted by molar-refractivity contribution is 0.219. The van der Waals surface area contributed by atoms with E-state index in [0.717, 1.165) is 48.7 Å². The molecule has 9 nitrogen and oxygen atoms in total. The Morgan fingerprint density at radius 3 is 2.97 bits per heavy atom. The molecule has 10 heteroatoms. The molecular formula is C24H27ClN8O. The maximum Gasteiger partial charge on any atom is 0.228 e. The van der Waals surface area contributed by atoms with Crippen LogP contribution in [0.1, 0.15) is 24.5 Å². The lowest BCUT2D eigenvalue weighted by Crippen LogP contribution is -2.28. The van der Waals surface area contributed by atoms with E-state index in [9.17, 15) is 10.4 Å². The molecule has 0 spiro atoms. The summed E-state index contributed by atoms with van der Waals surface area (Å²) in [5, 5.41) is 31.1. The Labute approximate surface area is 203 Å².